The van der Waals surface area contributed by atoms with Gasteiger partial charge in [0, 0.05) is 30.6 Å². The van der Waals surface area contributed by atoms with Crippen LogP contribution in [-0.2, 0) is 4.79 Å². The van der Waals surface area contributed by atoms with Gasteiger partial charge in [-0.1, -0.05) is 12.1 Å². The first-order valence-corrected chi connectivity index (χ1v) is 8.71. The minimum absolute atomic E-state index is 0.126. The molecule has 0 aliphatic carbocycles. The maximum atomic E-state index is 12.2. The number of H-pyrrole nitrogens is 1. The van der Waals surface area contributed by atoms with Crippen molar-refractivity contribution in [2.75, 3.05) is 12.4 Å². The van der Waals surface area contributed by atoms with Crippen LogP contribution in [0.4, 0.5) is 5.82 Å². The van der Waals surface area contributed by atoms with E-state index in [2.05, 4.69) is 25.9 Å². The zero-order valence-corrected chi connectivity index (χ0v) is 15.3. The van der Waals surface area contributed by atoms with E-state index < -0.39 is 0 Å². The fraction of sp³-hybridized carbons (Fsp3) is 0.263. The lowest BCUT2D eigenvalue weighted by Crippen LogP contribution is -2.26. The molecule has 0 radical (unpaired) electrons. The Hall–Kier alpha value is -3.42. The number of anilines is 1. The second-order valence-electron chi connectivity index (χ2n) is 6.68. The molecule has 1 aliphatic heterocycles. The number of benzene rings is 1. The van der Waals surface area contributed by atoms with Crippen LogP contribution < -0.4 is 10.6 Å². The Kier molecular flexibility index (Phi) is 4.02. The van der Waals surface area contributed by atoms with E-state index in [1.807, 2.05) is 48.9 Å². The lowest BCUT2D eigenvalue weighted by atomic mass is 9.85. The Balaban J connectivity index is 1.82. The number of rotatable bonds is 3. The van der Waals surface area contributed by atoms with Crippen molar-refractivity contribution in [1.82, 2.24) is 25.3 Å². The van der Waals surface area contributed by atoms with Crippen LogP contribution in [0.5, 0.6) is 0 Å². The topological polar surface area (TPSA) is 105 Å². The molecule has 1 aliphatic rings. The number of nitrogens with zero attached hydrogens (tertiary/aromatic N) is 3. The van der Waals surface area contributed by atoms with Gasteiger partial charge in [0.25, 0.3) is 5.91 Å². The second-order valence-corrected chi connectivity index (χ2v) is 6.68. The number of fused-ring (bicyclic) bond motifs is 1. The van der Waals surface area contributed by atoms with Crippen LogP contribution in [0, 0.1) is 13.8 Å². The van der Waals surface area contributed by atoms with Crippen molar-refractivity contribution in [3.63, 3.8) is 0 Å². The van der Waals surface area contributed by atoms with Crippen LogP contribution in [-0.4, -0.2) is 38.8 Å². The molecule has 138 valence electrons. The van der Waals surface area contributed by atoms with E-state index in [1.54, 1.807) is 7.05 Å². The van der Waals surface area contributed by atoms with Gasteiger partial charge in [0.05, 0.1) is 11.4 Å². The van der Waals surface area contributed by atoms with Crippen LogP contribution in [0.25, 0.3) is 5.69 Å². The smallest absolute Gasteiger partial charge is 0.269 e. The number of hydrogen-bond donors (Lipinski definition) is 3. The van der Waals surface area contributed by atoms with Crippen molar-refractivity contribution in [1.29, 1.82) is 0 Å². The van der Waals surface area contributed by atoms with Crippen LogP contribution >= 0.6 is 0 Å². The number of nitrogens with one attached hydrogen (secondary N) is 3. The Morgan fingerprint density at radius 1 is 1.30 bits per heavy atom. The first kappa shape index (κ1) is 17.0. The van der Waals surface area contributed by atoms with Gasteiger partial charge in [-0.25, -0.2) is 4.68 Å². The highest BCUT2D eigenvalue weighted by atomic mass is 16.2. The molecule has 0 fully saturated rings. The van der Waals surface area contributed by atoms with Crippen molar-refractivity contribution in [2.45, 2.75) is 26.2 Å². The summed E-state index contributed by atoms with van der Waals surface area (Å²) in [5.41, 5.74) is 4.89. The number of carbonyl (C=O) groups is 2. The van der Waals surface area contributed by atoms with Crippen molar-refractivity contribution in [3.05, 3.63) is 58.5 Å². The molecular formula is C19H20N6O2. The van der Waals surface area contributed by atoms with Gasteiger partial charge in [0.1, 0.15) is 5.69 Å². The number of aryl methyl sites for hydroxylation is 2. The number of hydrogen-bond acceptors (Lipinski definition) is 4. The normalized spacial score (nSPS) is 16.0. The van der Waals surface area contributed by atoms with Gasteiger partial charge in [0.2, 0.25) is 5.91 Å². The zero-order valence-electron chi connectivity index (χ0n) is 15.3. The van der Waals surface area contributed by atoms with Crippen molar-refractivity contribution in [2.24, 2.45) is 0 Å². The molecule has 3 heterocycles. The zero-order chi connectivity index (χ0) is 19.1. The van der Waals surface area contributed by atoms with Crippen molar-refractivity contribution in [3.8, 4) is 5.69 Å². The Morgan fingerprint density at radius 2 is 2.11 bits per heavy atom. The molecule has 0 saturated carbocycles. The third-order valence-corrected chi connectivity index (χ3v) is 4.78. The average molecular weight is 364 g/mol. The molecule has 3 N–H and O–H groups in total. The monoisotopic (exact) mass is 364 g/mol. The standard InChI is InChI=1S/C19H20N6O2/c1-10-7-11(2)25(24-10)13-6-4-5-12(8-13)14-9-15(26)21-18-16(14)17(22-23-18)19(27)20-3/h4-8,14H,9H2,1-3H3,(H,20,27)(H2,21,22,23,26). The van der Waals surface area contributed by atoms with Crippen LogP contribution in [0.2, 0.25) is 0 Å². The van der Waals surface area contributed by atoms with E-state index in [-0.39, 0.29) is 24.2 Å². The van der Waals surface area contributed by atoms with Crippen molar-refractivity contribution >= 4 is 17.6 Å². The summed E-state index contributed by atoms with van der Waals surface area (Å²) in [4.78, 5) is 24.4. The quantitative estimate of drug-likeness (QED) is 0.661. The first-order valence-electron chi connectivity index (χ1n) is 8.71. The molecule has 2 aromatic heterocycles. The predicted octanol–water partition coefficient (Wildman–Crippen LogP) is 2.05. The summed E-state index contributed by atoms with van der Waals surface area (Å²) in [6.07, 6.45) is 0.247. The minimum atomic E-state index is -0.267. The predicted molar refractivity (Wildman–Crippen MR) is 100 cm³/mol. The van der Waals surface area contributed by atoms with E-state index in [0.29, 0.717) is 17.1 Å². The average Bonchev–Trinajstić information content (AvgIpc) is 3.23. The maximum absolute atomic E-state index is 12.2. The first-order chi connectivity index (χ1) is 13.0. The van der Waals surface area contributed by atoms with E-state index in [4.69, 9.17) is 0 Å². The summed E-state index contributed by atoms with van der Waals surface area (Å²) in [5, 5.41) is 16.7. The van der Waals surface area contributed by atoms with Crippen LogP contribution in [0.1, 0.15) is 45.3 Å². The Labute approximate surface area is 156 Å². The molecule has 1 unspecified atom stereocenters. The number of carbonyl (C=O) groups excluding carboxylic acids is 2. The summed E-state index contributed by atoms with van der Waals surface area (Å²) in [6, 6.07) is 9.89. The fourth-order valence-electron chi connectivity index (χ4n) is 3.60. The molecule has 27 heavy (non-hydrogen) atoms. The van der Waals surface area contributed by atoms with Gasteiger partial charge in [-0.05, 0) is 37.6 Å². The maximum Gasteiger partial charge on any atom is 0.269 e. The van der Waals surface area contributed by atoms with Crippen LogP contribution in [0.3, 0.4) is 0 Å². The largest absolute Gasteiger partial charge is 0.354 e. The highest BCUT2D eigenvalue weighted by Crippen LogP contribution is 2.38. The SMILES string of the molecule is CNC(=O)c1[nH]nc2c1C(c1cccc(-n3nc(C)cc3C)c1)CC(=O)N2. The minimum Gasteiger partial charge on any atom is -0.354 e. The summed E-state index contributed by atoms with van der Waals surface area (Å²) in [5.74, 6) is -0.248. The molecule has 2 amide bonds. The van der Waals surface area contributed by atoms with Gasteiger partial charge in [-0.2, -0.15) is 10.2 Å². The molecule has 0 saturated heterocycles. The van der Waals surface area contributed by atoms with E-state index in [0.717, 1.165) is 22.6 Å². The van der Waals surface area contributed by atoms with E-state index in [9.17, 15) is 9.59 Å². The van der Waals surface area contributed by atoms with E-state index >= 15 is 0 Å². The lowest BCUT2D eigenvalue weighted by molar-refractivity contribution is -0.116. The summed E-state index contributed by atoms with van der Waals surface area (Å²) in [6.45, 7) is 3.95. The second kappa shape index (κ2) is 6.39. The molecule has 8 nitrogen and oxygen atoms in total. The van der Waals surface area contributed by atoms with Gasteiger partial charge in [-0.3, -0.25) is 14.7 Å². The molecule has 4 rings (SSSR count). The third-order valence-electron chi connectivity index (χ3n) is 4.78. The van der Waals surface area contributed by atoms with Gasteiger partial charge in [-0.15, -0.1) is 0 Å². The van der Waals surface area contributed by atoms with Gasteiger partial charge in [0.15, 0.2) is 5.82 Å². The number of aromatic amines is 1. The highest BCUT2D eigenvalue weighted by Gasteiger charge is 2.33. The third kappa shape index (κ3) is 2.88. The Morgan fingerprint density at radius 3 is 2.81 bits per heavy atom. The van der Waals surface area contributed by atoms with Crippen molar-refractivity contribution < 1.29 is 9.59 Å². The molecule has 1 atom stereocenters. The number of amides is 2. The molecule has 8 heteroatoms. The molecule has 0 bridgehead atoms. The molecule has 0 spiro atoms. The molecule has 3 aromatic rings. The summed E-state index contributed by atoms with van der Waals surface area (Å²) < 4.78 is 1.87. The fourth-order valence-corrected chi connectivity index (χ4v) is 3.60. The summed E-state index contributed by atoms with van der Waals surface area (Å²) in [7, 11) is 1.56. The lowest BCUT2D eigenvalue weighted by Gasteiger charge is -2.23. The Bertz CT molecular complexity index is 1050. The highest BCUT2D eigenvalue weighted by molar-refractivity contribution is 6.00. The van der Waals surface area contributed by atoms with E-state index in [1.165, 1.54) is 0 Å². The summed E-state index contributed by atoms with van der Waals surface area (Å²) >= 11 is 0. The van der Waals surface area contributed by atoms with Crippen LogP contribution in [0.15, 0.2) is 30.3 Å². The molecular weight excluding hydrogens is 344 g/mol. The van der Waals surface area contributed by atoms with Gasteiger partial charge >= 0.3 is 0 Å². The molecule has 1 aromatic carbocycles. The number of aromatic nitrogens is 4. The van der Waals surface area contributed by atoms with Gasteiger partial charge < -0.3 is 10.6 Å².